The van der Waals surface area contributed by atoms with E-state index in [4.69, 9.17) is 10.2 Å². The van der Waals surface area contributed by atoms with Crippen LogP contribution in [0.1, 0.15) is 20.8 Å². The van der Waals surface area contributed by atoms with E-state index in [-0.39, 0.29) is 19.1 Å². The van der Waals surface area contributed by atoms with Gasteiger partial charge in [0.2, 0.25) is 0 Å². The topological polar surface area (TPSA) is 104 Å². The molecule has 0 bridgehead atoms. The van der Waals surface area contributed by atoms with Crippen molar-refractivity contribution in [2.45, 2.75) is 32.4 Å². The fourth-order valence-corrected chi connectivity index (χ4v) is 2.54. The van der Waals surface area contributed by atoms with E-state index in [0.717, 1.165) is 4.31 Å². The van der Waals surface area contributed by atoms with E-state index >= 15 is 0 Å². The number of amides is 1. The Labute approximate surface area is 95.0 Å². The summed E-state index contributed by atoms with van der Waals surface area (Å²) in [4.78, 5) is 12.3. The largest absolute Gasteiger partial charge is 0.465 e. The average Bonchev–Trinajstić information content (AvgIpc) is 1.88. The molecule has 0 aromatic heterocycles. The zero-order valence-corrected chi connectivity index (χ0v) is 10.4. The first-order valence-corrected chi connectivity index (χ1v) is 6.34. The first-order valence-electron chi connectivity index (χ1n) is 4.83. The molecule has 1 aliphatic heterocycles. The van der Waals surface area contributed by atoms with Gasteiger partial charge in [0.25, 0.3) is 10.2 Å². The fourth-order valence-electron chi connectivity index (χ4n) is 1.78. The van der Waals surface area contributed by atoms with Crippen molar-refractivity contribution in [2.75, 3.05) is 13.1 Å². The van der Waals surface area contributed by atoms with Crippen LogP contribution < -0.4 is 5.14 Å². The van der Waals surface area contributed by atoms with Gasteiger partial charge in [-0.3, -0.25) is 4.90 Å². The van der Waals surface area contributed by atoms with Crippen LogP contribution in [0.25, 0.3) is 0 Å². The quantitative estimate of drug-likeness (QED) is 0.700. The molecule has 1 rings (SSSR count). The van der Waals surface area contributed by atoms with E-state index in [1.165, 1.54) is 4.90 Å². The van der Waals surface area contributed by atoms with E-state index in [1.807, 2.05) is 0 Å². The van der Waals surface area contributed by atoms with Crippen LogP contribution in [0.3, 0.4) is 0 Å². The van der Waals surface area contributed by atoms with Crippen molar-refractivity contribution in [1.82, 2.24) is 9.21 Å². The maximum absolute atomic E-state index is 11.1. The van der Waals surface area contributed by atoms with Gasteiger partial charge in [-0.25, -0.2) is 9.93 Å². The van der Waals surface area contributed by atoms with Crippen LogP contribution in [0, 0.1) is 0 Å². The fraction of sp³-hybridized carbons (Fsp3) is 0.875. The molecular weight excluding hydrogens is 234 g/mol. The molecule has 1 amide bonds. The first kappa shape index (κ1) is 13.2. The van der Waals surface area contributed by atoms with Crippen molar-refractivity contribution in [1.29, 1.82) is 0 Å². The summed E-state index contributed by atoms with van der Waals surface area (Å²) in [6, 6.07) is -0.323. The summed E-state index contributed by atoms with van der Waals surface area (Å²) in [5.41, 5.74) is -0.555. The van der Waals surface area contributed by atoms with Gasteiger partial charge < -0.3 is 5.11 Å². The molecule has 0 unspecified atom stereocenters. The highest BCUT2D eigenvalue weighted by atomic mass is 32.2. The lowest BCUT2D eigenvalue weighted by atomic mass is 10.0. The summed E-state index contributed by atoms with van der Waals surface area (Å²) < 4.78 is 22.9. The third-order valence-corrected chi connectivity index (χ3v) is 3.50. The van der Waals surface area contributed by atoms with Crippen molar-refractivity contribution < 1.29 is 18.3 Å². The van der Waals surface area contributed by atoms with Crippen molar-refractivity contribution in [3.8, 4) is 0 Å². The summed E-state index contributed by atoms with van der Waals surface area (Å²) in [6.07, 6.45) is -1.05. The van der Waals surface area contributed by atoms with Crippen LogP contribution in [0.15, 0.2) is 0 Å². The van der Waals surface area contributed by atoms with Crippen LogP contribution in [-0.4, -0.2) is 53.5 Å². The van der Waals surface area contributed by atoms with Gasteiger partial charge in [-0.15, -0.1) is 0 Å². The van der Waals surface area contributed by atoms with Crippen molar-refractivity contribution in [3.05, 3.63) is 0 Å². The maximum Gasteiger partial charge on any atom is 0.408 e. The second-order valence-electron chi connectivity index (χ2n) is 4.84. The van der Waals surface area contributed by atoms with Gasteiger partial charge in [-0.05, 0) is 20.8 Å². The molecule has 0 spiro atoms. The number of rotatable bonds is 2. The molecule has 0 aromatic rings. The maximum atomic E-state index is 11.1. The monoisotopic (exact) mass is 251 g/mol. The van der Waals surface area contributed by atoms with E-state index in [9.17, 15) is 13.2 Å². The average molecular weight is 251 g/mol. The minimum atomic E-state index is -3.69. The lowest BCUT2D eigenvalue weighted by Crippen LogP contribution is -2.66. The third-order valence-electron chi connectivity index (χ3n) is 2.48. The molecular formula is C8H17N3O4S. The highest BCUT2D eigenvalue weighted by Gasteiger charge is 2.43. The Morgan fingerprint density at radius 3 is 2.12 bits per heavy atom. The number of carbonyl (C=O) groups is 1. The minimum absolute atomic E-state index is 0.127. The summed E-state index contributed by atoms with van der Waals surface area (Å²) >= 11 is 0. The van der Waals surface area contributed by atoms with Crippen LogP contribution in [0.2, 0.25) is 0 Å². The number of hydrogen-bond donors (Lipinski definition) is 2. The van der Waals surface area contributed by atoms with E-state index < -0.39 is 21.8 Å². The second-order valence-corrected chi connectivity index (χ2v) is 6.39. The Kier molecular flexibility index (Phi) is 3.19. The van der Waals surface area contributed by atoms with Gasteiger partial charge in [-0.2, -0.15) is 12.7 Å². The van der Waals surface area contributed by atoms with Crippen LogP contribution >= 0.6 is 0 Å². The summed E-state index contributed by atoms with van der Waals surface area (Å²) in [5, 5.41) is 14.0. The number of nitrogens with two attached hydrogens (primary N) is 1. The zero-order valence-electron chi connectivity index (χ0n) is 9.54. The standard InChI is InChI=1S/C8H17N3O4S/c1-8(2,3)11(7(12)13)6-4-10(5-6)16(9,14)15/h6H,4-5H2,1-3H3,(H,12,13)(H2,9,14,15). The Balaban J connectivity index is 2.71. The molecule has 1 fully saturated rings. The van der Waals surface area contributed by atoms with Gasteiger partial charge in [0.1, 0.15) is 0 Å². The Morgan fingerprint density at radius 1 is 1.44 bits per heavy atom. The van der Waals surface area contributed by atoms with Crippen molar-refractivity contribution in [3.63, 3.8) is 0 Å². The van der Waals surface area contributed by atoms with Gasteiger partial charge in [-0.1, -0.05) is 0 Å². The molecule has 8 heteroatoms. The molecule has 0 radical (unpaired) electrons. The predicted octanol–water partition coefficient (Wildman–Crippen LogP) is -0.347. The smallest absolute Gasteiger partial charge is 0.408 e. The summed E-state index contributed by atoms with van der Waals surface area (Å²) in [7, 11) is -3.69. The summed E-state index contributed by atoms with van der Waals surface area (Å²) in [6.45, 7) is 5.55. The molecule has 3 N–H and O–H groups in total. The summed E-state index contributed by atoms with van der Waals surface area (Å²) in [5.74, 6) is 0. The lowest BCUT2D eigenvalue weighted by molar-refractivity contribution is 0.0253. The van der Waals surface area contributed by atoms with Gasteiger partial charge in [0, 0.05) is 18.6 Å². The molecule has 1 aliphatic rings. The molecule has 7 nitrogen and oxygen atoms in total. The molecule has 1 heterocycles. The van der Waals surface area contributed by atoms with E-state index in [0.29, 0.717) is 0 Å². The Hall–Kier alpha value is -0.860. The number of hydrogen-bond acceptors (Lipinski definition) is 3. The normalized spacial score (nSPS) is 19.2. The zero-order chi connectivity index (χ0) is 12.7. The SMILES string of the molecule is CC(C)(C)N(C(=O)O)C1CN(S(N)(=O)=O)C1. The van der Waals surface area contributed by atoms with Crippen LogP contribution in [0.4, 0.5) is 4.79 Å². The minimum Gasteiger partial charge on any atom is -0.465 e. The van der Waals surface area contributed by atoms with Gasteiger partial charge in [0.15, 0.2) is 0 Å². The highest BCUT2D eigenvalue weighted by molar-refractivity contribution is 7.86. The molecule has 1 saturated heterocycles. The van der Waals surface area contributed by atoms with E-state index in [2.05, 4.69) is 0 Å². The third kappa shape index (κ3) is 2.63. The molecule has 0 saturated carbocycles. The number of nitrogens with zero attached hydrogens (tertiary/aromatic N) is 2. The van der Waals surface area contributed by atoms with Gasteiger partial charge in [0.05, 0.1) is 6.04 Å². The molecule has 0 atom stereocenters. The predicted molar refractivity (Wildman–Crippen MR) is 58.1 cm³/mol. The van der Waals surface area contributed by atoms with Gasteiger partial charge >= 0.3 is 6.09 Å². The molecule has 16 heavy (non-hydrogen) atoms. The second kappa shape index (κ2) is 3.86. The van der Waals surface area contributed by atoms with E-state index in [1.54, 1.807) is 20.8 Å². The van der Waals surface area contributed by atoms with Crippen molar-refractivity contribution >= 4 is 16.3 Å². The lowest BCUT2D eigenvalue weighted by Gasteiger charge is -2.47. The molecule has 94 valence electrons. The van der Waals surface area contributed by atoms with Crippen LogP contribution in [0.5, 0.6) is 0 Å². The Morgan fingerprint density at radius 2 is 1.88 bits per heavy atom. The van der Waals surface area contributed by atoms with Crippen molar-refractivity contribution in [2.24, 2.45) is 5.14 Å². The van der Waals surface area contributed by atoms with Crippen LogP contribution in [-0.2, 0) is 10.2 Å². The molecule has 0 aromatic carbocycles. The molecule has 0 aliphatic carbocycles. The highest BCUT2D eigenvalue weighted by Crippen LogP contribution is 2.24. The number of carboxylic acid groups (broad SMARTS) is 1. The first-order chi connectivity index (χ1) is 7.03. The Bertz CT molecular complexity index is 381.